The van der Waals surface area contributed by atoms with Crippen LogP contribution in [0.25, 0.3) is 0 Å². The minimum absolute atomic E-state index is 0. The third-order valence-electron chi connectivity index (χ3n) is 1.25. The molecule has 0 N–H and O–H groups in total. The molecule has 0 atom stereocenters. The third kappa shape index (κ3) is 32.3. The summed E-state index contributed by atoms with van der Waals surface area (Å²) >= 11 is 0. The first-order valence-electron chi connectivity index (χ1n) is 5.42. The summed E-state index contributed by atoms with van der Waals surface area (Å²) in [5.74, 6) is -0.625. The van der Waals surface area contributed by atoms with E-state index in [9.17, 15) is 9.59 Å². The van der Waals surface area contributed by atoms with Gasteiger partial charge in [-0.15, -0.1) is 0 Å². The molecule has 0 unspecified atom stereocenters. The maximum atomic E-state index is 10.4. The van der Waals surface area contributed by atoms with Crippen molar-refractivity contribution in [3.63, 3.8) is 0 Å². The van der Waals surface area contributed by atoms with E-state index < -0.39 is 0 Å². The summed E-state index contributed by atoms with van der Waals surface area (Å²) in [5.41, 5.74) is 0.902. The van der Waals surface area contributed by atoms with Crippen LogP contribution in [0.5, 0.6) is 0 Å². The van der Waals surface area contributed by atoms with Gasteiger partial charge < -0.3 is 9.47 Å². The minimum atomic E-state index is -0.312. The van der Waals surface area contributed by atoms with Crippen molar-refractivity contribution in [2.45, 2.75) is 27.7 Å². The zero-order valence-electron chi connectivity index (χ0n) is 12.7. The molecule has 0 aliphatic rings. The van der Waals surface area contributed by atoms with Crippen molar-refractivity contribution in [3.05, 3.63) is 37.6 Å². The van der Waals surface area contributed by atoms with Gasteiger partial charge in [-0.05, 0) is 27.7 Å². The molecule has 0 fully saturated rings. The average Bonchev–Trinajstić information content (AvgIpc) is 2.44. The van der Waals surface area contributed by atoms with Crippen LogP contribution in [0.2, 0.25) is 0 Å². The van der Waals surface area contributed by atoms with Gasteiger partial charge in [-0.1, -0.05) is 13.2 Å². The Morgan fingerprint density at radius 3 is 1.10 bits per heavy atom. The molecule has 0 bridgehead atoms. The maximum absolute atomic E-state index is 10.4. The van der Waals surface area contributed by atoms with Crippen molar-refractivity contribution in [2.75, 3.05) is 13.2 Å². The van der Waals surface area contributed by atoms with E-state index in [4.69, 9.17) is 9.30 Å². The van der Waals surface area contributed by atoms with E-state index in [0.29, 0.717) is 24.4 Å². The van der Waals surface area contributed by atoms with E-state index in [0.717, 1.165) is 0 Å². The Labute approximate surface area is 140 Å². The topological polar surface area (TPSA) is 92.4 Å². The number of carbonyl (C=O) groups excluding carboxylic acids is 2. The normalized spacial score (nSPS) is 6.48. The molecule has 0 aromatic heterocycles. The number of esters is 2. The Morgan fingerprint density at radius 1 is 0.857 bits per heavy atom. The van der Waals surface area contributed by atoms with E-state index in [1.807, 2.05) is 0 Å². The molecule has 0 rings (SSSR count). The summed E-state index contributed by atoms with van der Waals surface area (Å²) in [6.07, 6.45) is 0. The molecule has 0 radical (unpaired) electrons. The fourth-order valence-electron chi connectivity index (χ4n) is 0.509. The second kappa shape index (κ2) is 27.0. The largest absolute Gasteiger partial charge is 0 e. The van der Waals surface area contributed by atoms with E-state index in [1.165, 1.54) is 0 Å². The van der Waals surface area contributed by atoms with Gasteiger partial charge in [0.2, 0.25) is 0 Å². The molecule has 0 amide bonds. The van der Waals surface area contributed by atoms with Crippen LogP contribution in [0.1, 0.15) is 27.7 Å². The molecule has 0 aromatic carbocycles. The molecule has 0 saturated carbocycles. The Kier molecular flexibility index (Phi) is 40.9. The molecule has 0 aliphatic carbocycles. The van der Waals surface area contributed by atoms with Gasteiger partial charge in [0.1, 0.15) is 0 Å². The van der Waals surface area contributed by atoms with Crippen molar-refractivity contribution in [1.82, 2.24) is 0 Å². The van der Waals surface area contributed by atoms with Gasteiger partial charge in [0, 0.05) is 32.2 Å². The van der Waals surface area contributed by atoms with Gasteiger partial charge in [-0.2, -0.15) is 0 Å². The van der Waals surface area contributed by atoms with Crippen LogP contribution < -0.4 is 0 Å². The summed E-state index contributed by atoms with van der Waals surface area (Å²) in [4.78, 5) is 20.8. The van der Waals surface area contributed by atoms with Crippen LogP contribution in [0.4, 0.5) is 0 Å². The van der Waals surface area contributed by atoms with Gasteiger partial charge in [-0.25, -0.2) is 9.59 Å². The van der Waals surface area contributed by atoms with Gasteiger partial charge in [0.05, 0.1) is 13.2 Å². The molecule has 0 spiro atoms. The molecule has 7 heteroatoms. The first-order valence-corrected chi connectivity index (χ1v) is 5.42. The first kappa shape index (κ1) is 31.8. The first-order chi connectivity index (χ1) is 9.36. The van der Waals surface area contributed by atoms with Gasteiger partial charge in [0.15, 0.2) is 0 Å². The van der Waals surface area contributed by atoms with Crippen LogP contribution >= 0.6 is 0 Å². The standard InChI is InChI=1S/2C6H10O2.2CO.W/c2*1-4-8-6(7)5(2)3;2*1-2;/h2*2,4H2,1,3H3;;;. The van der Waals surface area contributed by atoms with Crippen LogP contribution in [0, 0.1) is 13.3 Å². The number of hydrogen-bond donors (Lipinski definition) is 0. The third-order valence-corrected chi connectivity index (χ3v) is 1.25. The second-order valence-electron chi connectivity index (χ2n) is 3.00. The fourth-order valence-corrected chi connectivity index (χ4v) is 0.509. The summed E-state index contributed by atoms with van der Waals surface area (Å²) in [6.45, 7) is 23.4. The number of carbonyl (C=O) groups is 2. The van der Waals surface area contributed by atoms with E-state index in [2.05, 4.69) is 35.9 Å². The summed E-state index contributed by atoms with van der Waals surface area (Å²) < 4.78 is 24.1. The SMILES string of the molecule is C=C(C)C(=O)OCC.C=C(C)C(=O)OCC.[C-]#[O+].[C-]#[O+].[W]. The molecular weight excluding hydrogens is 448 g/mol. The van der Waals surface area contributed by atoms with Crippen molar-refractivity contribution in [1.29, 1.82) is 0 Å². The second-order valence-corrected chi connectivity index (χ2v) is 3.00. The average molecular weight is 468 g/mol. The Morgan fingerprint density at radius 2 is 1.05 bits per heavy atom. The Balaban J connectivity index is -0.0000000630. The van der Waals surface area contributed by atoms with E-state index in [-0.39, 0.29) is 33.0 Å². The van der Waals surface area contributed by atoms with Crippen LogP contribution in [-0.2, 0) is 49.4 Å². The molecule has 0 aliphatic heterocycles. The minimum Gasteiger partial charge on any atom is 0 e. The van der Waals surface area contributed by atoms with Crippen molar-refractivity contribution < 1.29 is 49.4 Å². The Bertz CT molecular complexity index is 310. The molecule has 118 valence electrons. The summed E-state index contributed by atoms with van der Waals surface area (Å²) in [5, 5.41) is 0. The predicted octanol–water partition coefficient (Wildman–Crippen LogP) is 2.17. The predicted molar refractivity (Wildman–Crippen MR) is 70.8 cm³/mol. The van der Waals surface area contributed by atoms with Crippen molar-refractivity contribution in [2.24, 2.45) is 0 Å². The van der Waals surface area contributed by atoms with Crippen LogP contribution in [-0.4, -0.2) is 25.2 Å². The molecule has 6 nitrogen and oxygen atoms in total. The zero-order valence-corrected chi connectivity index (χ0v) is 15.6. The summed E-state index contributed by atoms with van der Waals surface area (Å²) in [6, 6.07) is 0. The smallest absolute Gasteiger partial charge is 0 e. The molecular formula is C14H20O6W. The molecule has 0 saturated heterocycles. The van der Waals surface area contributed by atoms with E-state index in [1.54, 1.807) is 27.7 Å². The number of hydrogen-bond acceptors (Lipinski definition) is 4. The van der Waals surface area contributed by atoms with E-state index >= 15 is 0 Å². The number of ether oxygens (including phenoxy) is 2. The fraction of sp³-hybridized carbons (Fsp3) is 0.429. The zero-order chi connectivity index (χ0) is 17.1. The quantitative estimate of drug-likeness (QED) is 0.274. The van der Waals surface area contributed by atoms with Gasteiger partial charge >= 0.3 is 34.5 Å². The summed E-state index contributed by atoms with van der Waals surface area (Å²) in [7, 11) is 0. The maximum Gasteiger partial charge on any atom is 0 e. The van der Waals surface area contributed by atoms with Crippen molar-refractivity contribution in [3.8, 4) is 0 Å². The number of rotatable bonds is 4. The molecule has 0 aromatic rings. The van der Waals surface area contributed by atoms with Gasteiger partial charge in [0.25, 0.3) is 0 Å². The van der Waals surface area contributed by atoms with Crippen LogP contribution in [0.15, 0.2) is 24.3 Å². The Hall–Kier alpha value is -1.41. The molecule has 21 heavy (non-hydrogen) atoms. The van der Waals surface area contributed by atoms with Crippen molar-refractivity contribution >= 4 is 11.9 Å². The van der Waals surface area contributed by atoms with Crippen LogP contribution in [0.3, 0.4) is 0 Å². The molecule has 0 heterocycles. The van der Waals surface area contributed by atoms with Gasteiger partial charge in [-0.3, -0.25) is 0 Å². The monoisotopic (exact) mass is 468 g/mol.